The Morgan fingerprint density at radius 2 is 2.07 bits per heavy atom. The van der Waals surface area contributed by atoms with Crippen molar-refractivity contribution in [3.63, 3.8) is 0 Å². The van der Waals surface area contributed by atoms with Gasteiger partial charge in [0, 0.05) is 12.8 Å². The summed E-state index contributed by atoms with van der Waals surface area (Å²) in [4.78, 5) is 30.4. The average molecular weight is 202 g/mol. The van der Waals surface area contributed by atoms with Gasteiger partial charge >= 0.3 is 5.97 Å². The third-order valence-electron chi connectivity index (χ3n) is 1.88. The third-order valence-corrected chi connectivity index (χ3v) is 1.88. The molecule has 1 aliphatic rings. The Bertz CT molecular complexity index is 211. The molecule has 0 aliphatic heterocycles. The van der Waals surface area contributed by atoms with Gasteiger partial charge in [-0.2, -0.15) is 0 Å². The van der Waals surface area contributed by atoms with E-state index in [9.17, 15) is 9.59 Å². The van der Waals surface area contributed by atoms with Gasteiger partial charge in [0.15, 0.2) is 0 Å². The Labute approximate surface area is 82.4 Å². The van der Waals surface area contributed by atoms with Crippen molar-refractivity contribution < 1.29 is 23.9 Å². The van der Waals surface area contributed by atoms with Crippen molar-refractivity contribution in [3.05, 3.63) is 0 Å². The summed E-state index contributed by atoms with van der Waals surface area (Å²) < 4.78 is 8.35. The van der Waals surface area contributed by atoms with Crippen molar-refractivity contribution in [2.45, 2.75) is 19.3 Å². The Morgan fingerprint density at radius 1 is 1.50 bits per heavy atom. The Hall–Kier alpha value is -1.39. The quantitative estimate of drug-likeness (QED) is 0.476. The summed E-state index contributed by atoms with van der Waals surface area (Å²) in [6.07, 6.45) is 1.60. The fourth-order valence-corrected chi connectivity index (χ4v) is 1.18. The van der Waals surface area contributed by atoms with Crippen molar-refractivity contribution in [2.24, 2.45) is 5.92 Å². The predicted molar refractivity (Wildman–Crippen MR) is 47.4 cm³/mol. The van der Waals surface area contributed by atoms with E-state index in [2.05, 4.69) is 9.47 Å². The molecule has 0 aromatic carbocycles. The number of hydrogen-bond donors (Lipinski definition) is 0. The van der Waals surface area contributed by atoms with Crippen LogP contribution in [0.5, 0.6) is 0 Å². The van der Waals surface area contributed by atoms with Gasteiger partial charge in [-0.15, -0.1) is 0 Å². The highest BCUT2D eigenvalue weighted by Crippen LogP contribution is 2.22. The first-order chi connectivity index (χ1) is 6.65. The standard InChI is InChI=1S/C7H10O3.C2H4O2/c1-10-7(9)5-2-3-6(8)4-5;1-4-2-3/h5H,2-4H2,1H3;2H,1H3/t5-;/m0./s1. The predicted octanol–water partition coefficient (Wildman–Crippen LogP) is 0.318. The van der Waals surface area contributed by atoms with Crippen LogP contribution in [0.15, 0.2) is 0 Å². The monoisotopic (exact) mass is 202 g/mol. The zero-order valence-electron chi connectivity index (χ0n) is 8.32. The van der Waals surface area contributed by atoms with Crippen LogP contribution in [0.1, 0.15) is 19.3 Å². The van der Waals surface area contributed by atoms with Crippen LogP contribution in [0.2, 0.25) is 0 Å². The van der Waals surface area contributed by atoms with Crippen LogP contribution in [0.3, 0.4) is 0 Å². The molecule has 1 saturated carbocycles. The van der Waals surface area contributed by atoms with E-state index in [0.717, 1.165) is 0 Å². The normalized spacial score (nSPS) is 19.3. The van der Waals surface area contributed by atoms with Crippen LogP contribution in [-0.2, 0) is 23.9 Å². The van der Waals surface area contributed by atoms with Crippen LogP contribution in [-0.4, -0.2) is 32.4 Å². The number of Topliss-reactive ketones (excluding diaryl/α,β-unsaturated/α-hetero) is 1. The maximum absolute atomic E-state index is 10.8. The second-order valence-electron chi connectivity index (χ2n) is 2.83. The number of carbonyl (C=O) groups excluding carboxylic acids is 3. The molecular weight excluding hydrogens is 188 g/mol. The van der Waals surface area contributed by atoms with E-state index in [4.69, 9.17) is 4.79 Å². The molecule has 1 aliphatic carbocycles. The van der Waals surface area contributed by atoms with Gasteiger partial charge in [0.2, 0.25) is 0 Å². The molecule has 0 amide bonds. The molecule has 0 spiro atoms. The van der Waals surface area contributed by atoms with Gasteiger partial charge in [0.05, 0.1) is 20.1 Å². The van der Waals surface area contributed by atoms with E-state index >= 15 is 0 Å². The third kappa shape index (κ3) is 4.59. The molecule has 5 nitrogen and oxygen atoms in total. The number of esters is 1. The SMILES string of the molecule is COC(=O)[C@H]1CCC(=O)C1.COC=O. The number of methoxy groups -OCH3 is 2. The topological polar surface area (TPSA) is 69.7 Å². The van der Waals surface area contributed by atoms with E-state index in [1.807, 2.05) is 0 Å². The highest BCUT2D eigenvalue weighted by molar-refractivity contribution is 5.87. The maximum atomic E-state index is 10.8. The first-order valence-corrected chi connectivity index (χ1v) is 4.21. The molecule has 0 aromatic heterocycles. The first kappa shape index (κ1) is 12.6. The molecule has 80 valence electrons. The van der Waals surface area contributed by atoms with Gasteiger partial charge in [-0.05, 0) is 6.42 Å². The molecule has 0 aromatic rings. The lowest BCUT2D eigenvalue weighted by molar-refractivity contribution is -0.145. The second-order valence-corrected chi connectivity index (χ2v) is 2.83. The Balaban J connectivity index is 0.000000364. The number of rotatable bonds is 2. The summed E-state index contributed by atoms with van der Waals surface area (Å²) in [6, 6.07) is 0. The summed E-state index contributed by atoms with van der Waals surface area (Å²) in [5.41, 5.74) is 0. The molecule has 0 saturated heterocycles. The lowest BCUT2D eigenvalue weighted by atomic mass is 10.1. The smallest absolute Gasteiger partial charge is 0.309 e. The van der Waals surface area contributed by atoms with Crippen molar-refractivity contribution in [1.82, 2.24) is 0 Å². The molecule has 0 N–H and O–H groups in total. The van der Waals surface area contributed by atoms with Gasteiger partial charge in [-0.1, -0.05) is 0 Å². The lowest BCUT2D eigenvalue weighted by Gasteiger charge is -2.02. The molecule has 1 fully saturated rings. The summed E-state index contributed by atoms with van der Waals surface area (Å²) >= 11 is 0. The summed E-state index contributed by atoms with van der Waals surface area (Å²) in [5.74, 6) is -0.223. The number of hydrogen-bond acceptors (Lipinski definition) is 5. The summed E-state index contributed by atoms with van der Waals surface area (Å²) in [5, 5.41) is 0. The zero-order valence-corrected chi connectivity index (χ0v) is 8.32. The van der Waals surface area contributed by atoms with E-state index < -0.39 is 0 Å². The van der Waals surface area contributed by atoms with Crippen molar-refractivity contribution in [3.8, 4) is 0 Å². The highest BCUT2D eigenvalue weighted by atomic mass is 16.5. The minimum Gasteiger partial charge on any atom is -0.471 e. The Kier molecular flexibility index (Phi) is 6.36. The van der Waals surface area contributed by atoms with Crippen LogP contribution in [0, 0.1) is 5.92 Å². The molecule has 0 heterocycles. The van der Waals surface area contributed by atoms with Gasteiger partial charge < -0.3 is 9.47 Å². The zero-order chi connectivity index (χ0) is 11.0. The number of carbonyl (C=O) groups is 3. The van der Waals surface area contributed by atoms with Crippen molar-refractivity contribution >= 4 is 18.2 Å². The van der Waals surface area contributed by atoms with E-state index in [0.29, 0.717) is 25.7 Å². The number of ether oxygens (including phenoxy) is 2. The molecule has 0 radical (unpaired) electrons. The molecule has 1 atom stereocenters. The van der Waals surface area contributed by atoms with Crippen LogP contribution in [0.4, 0.5) is 0 Å². The van der Waals surface area contributed by atoms with E-state index in [1.165, 1.54) is 14.2 Å². The van der Waals surface area contributed by atoms with Crippen molar-refractivity contribution in [1.29, 1.82) is 0 Å². The minimum absolute atomic E-state index is 0.155. The van der Waals surface area contributed by atoms with Gasteiger partial charge in [0.1, 0.15) is 5.78 Å². The number of ketones is 1. The van der Waals surface area contributed by atoms with E-state index in [1.54, 1.807) is 0 Å². The fraction of sp³-hybridized carbons (Fsp3) is 0.667. The van der Waals surface area contributed by atoms with Crippen LogP contribution >= 0.6 is 0 Å². The van der Waals surface area contributed by atoms with Gasteiger partial charge in [-0.25, -0.2) is 0 Å². The molecule has 14 heavy (non-hydrogen) atoms. The molecular formula is C9H14O5. The summed E-state index contributed by atoms with van der Waals surface area (Å²) in [6.45, 7) is 0.375. The summed E-state index contributed by atoms with van der Waals surface area (Å²) in [7, 11) is 2.66. The highest BCUT2D eigenvalue weighted by Gasteiger charge is 2.28. The molecule has 0 bridgehead atoms. The lowest BCUT2D eigenvalue weighted by Crippen LogP contribution is -2.12. The van der Waals surface area contributed by atoms with Crippen LogP contribution < -0.4 is 0 Å². The van der Waals surface area contributed by atoms with Gasteiger partial charge in [0.25, 0.3) is 6.47 Å². The van der Waals surface area contributed by atoms with Gasteiger partial charge in [-0.3, -0.25) is 14.4 Å². The largest absolute Gasteiger partial charge is 0.471 e. The molecule has 0 unspecified atom stereocenters. The second kappa shape index (κ2) is 7.06. The van der Waals surface area contributed by atoms with E-state index in [-0.39, 0.29) is 17.7 Å². The average Bonchev–Trinajstić information content (AvgIpc) is 2.64. The first-order valence-electron chi connectivity index (χ1n) is 4.21. The fourth-order valence-electron chi connectivity index (χ4n) is 1.18. The van der Waals surface area contributed by atoms with Crippen LogP contribution in [0.25, 0.3) is 0 Å². The molecule has 1 rings (SSSR count). The minimum atomic E-state index is -0.245. The Morgan fingerprint density at radius 3 is 2.36 bits per heavy atom. The van der Waals surface area contributed by atoms with Crippen molar-refractivity contribution in [2.75, 3.05) is 14.2 Å². The molecule has 5 heteroatoms. The maximum Gasteiger partial charge on any atom is 0.309 e.